The number of benzene rings is 1. The Morgan fingerprint density at radius 2 is 2.11 bits per heavy atom. The number of carbonyl (C=O) groups excluding carboxylic acids is 1. The normalized spacial score (nSPS) is 18.2. The van der Waals surface area contributed by atoms with E-state index in [4.69, 9.17) is 4.74 Å². The van der Waals surface area contributed by atoms with Gasteiger partial charge in [0.05, 0.1) is 12.7 Å². The molecule has 2 rings (SSSR count). The Morgan fingerprint density at radius 3 is 2.63 bits per heavy atom. The third kappa shape index (κ3) is 2.28. The van der Waals surface area contributed by atoms with Gasteiger partial charge in [-0.25, -0.2) is 0 Å². The van der Waals surface area contributed by atoms with Crippen LogP contribution in [0, 0.1) is 0 Å². The van der Waals surface area contributed by atoms with Crippen molar-refractivity contribution in [2.24, 2.45) is 0 Å². The van der Waals surface area contributed by atoms with E-state index in [1.54, 1.807) is 0 Å². The highest BCUT2D eigenvalue weighted by Crippen LogP contribution is 2.42. The fraction of sp³-hybridized carbons (Fsp3) is 0.250. The molecule has 1 atom stereocenters. The summed E-state index contributed by atoms with van der Waals surface area (Å²) in [6.07, 6.45) is -5.39. The number of halogens is 3. The minimum absolute atomic E-state index is 0.0371. The van der Waals surface area contributed by atoms with Gasteiger partial charge in [0.15, 0.2) is 6.29 Å². The summed E-state index contributed by atoms with van der Waals surface area (Å²) in [6, 6.07) is 2.51. The third-order valence-corrected chi connectivity index (χ3v) is 2.65. The molecule has 102 valence electrons. The number of aliphatic hydroxyl groups excluding tert-OH is 1. The summed E-state index contributed by atoms with van der Waals surface area (Å²) in [5, 5.41) is 9.76. The fourth-order valence-corrected chi connectivity index (χ4v) is 1.82. The maximum absolute atomic E-state index is 12.5. The minimum atomic E-state index is -4.71. The molecule has 1 aromatic rings. The van der Waals surface area contributed by atoms with E-state index in [1.807, 2.05) is 0 Å². The van der Waals surface area contributed by atoms with Crippen LogP contribution in [0.4, 0.5) is 13.2 Å². The van der Waals surface area contributed by atoms with E-state index in [-0.39, 0.29) is 22.6 Å². The predicted molar refractivity (Wildman–Crippen MR) is 58.1 cm³/mol. The Hall–Kier alpha value is -2.02. The molecule has 7 heteroatoms. The van der Waals surface area contributed by atoms with Gasteiger partial charge < -0.3 is 14.6 Å². The topological polar surface area (TPSA) is 55.8 Å². The summed E-state index contributed by atoms with van der Waals surface area (Å²) < 4.78 is 47.2. The largest absolute Gasteiger partial charge is 0.496 e. The van der Waals surface area contributed by atoms with Crippen molar-refractivity contribution in [1.29, 1.82) is 0 Å². The Balaban J connectivity index is 2.55. The molecule has 0 bridgehead atoms. The molecule has 1 aliphatic rings. The summed E-state index contributed by atoms with van der Waals surface area (Å²) in [4.78, 5) is 11.0. The first-order valence-electron chi connectivity index (χ1n) is 5.19. The van der Waals surface area contributed by atoms with Gasteiger partial charge in [0.1, 0.15) is 17.6 Å². The molecule has 4 nitrogen and oxygen atoms in total. The molecule has 0 aliphatic carbocycles. The molecule has 1 N–H and O–H groups in total. The van der Waals surface area contributed by atoms with Crippen LogP contribution in [0.1, 0.15) is 22.0 Å². The lowest BCUT2D eigenvalue weighted by atomic mass is 9.98. The van der Waals surface area contributed by atoms with Crippen molar-refractivity contribution in [2.45, 2.75) is 12.3 Å². The number of alkyl halides is 3. The quantitative estimate of drug-likeness (QED) is 0.841. The molecule has 1 heterocycles. The van der Waals surface area contributed by atoms with E-state index < -0.39 is 18.0 Å². The highest BCUT2D eigenvalue weighted by Gasteiger charge is 2.40. The molecule has 0 radical (unpaired) electrons. The van der Waals surface area contributed by atoms with Gasteiger partial charge >= 0.3 is 6.18 Å². The number of ether oxygens (including phenoxy) is 2. The average molecular weight is 274 g/mol. The number of fused-ring (bicyclic) bond motifs is 1. The summed E-state index contributed by atoms with van der Waals surface area (Å²) >= 11 is 0. The van der Waals surface area contributed by atoms with Crippen molar-refractivity contribution in [1.82, 2.24) is 0 Å². The Labute approximate surface area is 106 Å². The molecule has 0 spiro atoms. The monoisotopic (exact) mass is 274 g/mol. The Bertz CT molecular complexity index is 549. The van der Waals surface area contributed by atoms with Gasteiger partial charge in [0.2, 0.25) is 5.76 Å². The first-order valence-corrected chi connectivity index (χ1v) is 5.19. The van der Waals surface area contributed by atoms with E-state index in [0.29, 0.717) is 12.4 Å². The van der Waals surface area contributed by atoms with E-state index in [2.05, 4.69) is 4.74 Å². The zero-order valence-electron chi connectivity index (χ0n) is 9.69. The van der Waals surface area contributed by atoms with E-state index >= 15 is 0 Å². The fourth-order valence-electron chi connectivity index (χ4n) is 1.82. The average Bonchev–Trinajstić information content (AvgIpc) is 2.36. The van der Waals surface area contributed by atoms with Gasteiger partial charge in [-0.1, -0.05) is 0 Å². The maximum Gasteiger partial charge on any atom is 0.449 e. The van der Waals surface area contributed by atoms with Crippen LogP contribution in [0.3, 0.4) is 0 Å². The van der Waals surface area contributed by atoms with E-state index in [9.17, 15) is 23.1 Å². The highest BCUT2D eigenvalue weighted by molar-refractivity contribution is 5.84. The zero-order chi connectivity index (χ0) is 14.2. The van der Waals surface area contributed by atoms with Crippen LogP contribution < -0.4 is 9.47 Å². The van der Waals surface area contributed by atoms with Gasteiger partial charge in [-0.15, -0.1) is 0 Å². The summed E-state index contributed by atoms with van der Waals surface area (Å²) in [7, 11) is 1.31. The number of hydrogen-bond acceptors (Lipinski definition) is 4. The van der Waals surface area contributed by atoms with Gasteiger partial charge in [-0.05, 0) is 18.2 Å². The van der Waals surface area contributed by atoms with Gasteiger partial charge in [-0.3, -0.25) is 4.79 Å². The van der Waals surface area contributed by atoms with Gasteiger partial charge in [0.25, 0.3) is 0 Å². The molecule has 19 heavy (non-hydrogen) atoms. The van der Waals surface area contributed by atoms with Crippen molar-refractivity contribution >= 4 is 6.29 Å². The van der Waals surface area contributed by atoms with Crippen LogP contribution in [0.5, 0.6) is 11.5 Å². The van der Waals surface area contributed by atoms with Gasteiger partial charge in [-0.2, -0.15) is 13.2 Å². The van der Waals surface area contributed by atoms with Crippen molar-refractivity contribution in [2.75, 3.05) is 7.11 Å². The van der Waals surface area contributed by atoms with Crippen LogP contribution in [0.25, 0.3) is 0 Å². The second-order valence-corrected chi connectivity index (χ2v) is 3.79. The molecular weight excluding hydrogens is 265 g/mol. The van der Waals surface area contributed by atoms with Gasteiger partial charge in [0, 0.05) is 5.56 Å². The lowest BCUT2D eigenvalue weighted by Crippen LogP contribution is -2.22. The maximum atomic E-state index is 12.5. The van der Waals surface area contributed by atoms with Crippen molar-refractivity contribution in [3.63, 3.8) is 0 Å². The zero-order valence-corrected chi connectivity index (χ0v) is 9.69. The second-order valence-electron chi connectivity index (χ2n) is 3.79. The predicted octanol–water partition coefficient (Wildman–Crippen LogP) is 2.38. The van der Waals surface area contributed by atoms with Crippen LogP contribution in [0.15, 0.2) is 24.0 Å². The summed E-state index contributed by atoms with van der Waals surface area (Å²) in [5.41, 5.74) is -0.0766. The lowest BCUT2D eigenvalue weighted by molar-refractivity contribution is -0.118. The first-order chi connectivity index (χ1) is 8.88. The molecule has 0 saturated carbocycles. The molecule has 0 fully saturated rings. The first kappa shape index (κ1) is 13.4. The lowest BCUT2D eigenvalue weighted by Gasteiger charge is -2.24. The van der Waals surface area contributed by atoms with E-state index in [0.717, 1.165) is 0 Å². The minimum Gasteiger partial charge on any atom is -0.496 e. The molecular formula is C12H9F3O4. The van der Waals surface area contributed by atoms with Crippen molar-refractivity contribution in [3.8, 4) is 11.5 Å². The second kappa shape index (κ2) is 4.58. The molecule has 1 unspecified atom stereocenters. The molecule has 0 saturated heterocycles. The Morgan fingerprint density at radius 1 is 1.42 bits per heavy atom. The van der Waals surface area contributed by atoms with Crippen LogP contribution in [0.2, 0.25) is 0 Å². The molecule has 0 aromatic heterocycles. The van der Waals surface area contributed by atoms with Crippen molar-refractivity contribution < 1.29 is 32.5 Å². The smallest absolute Gasteiger partial charge is 0.449 e. The van der Waals surface area contributed by atoms with Crippen LogP contribution in [-0.4, -0.2) is 24.7 Å². The summed E-state index contributed by atoms with van der Waals surface area (Å²) in [6.45, 7) is 0. The van der Waals surface area contributed by atoms with E-state index in [1.165, 1.54) is 19.2 Å². The number of aldehydes is 1. The third-order valence-electron chi connectivity index (χ3n) is 2.65. The Kier molecular flexibility index (Phi) is 3.23. The SMILES string of the molecule is COc1ccc2c(c1C=O)C(O)C=C(C(F)(F)F)O2. The van der Waals surface area contributed by atoms with Crippen LogP contribution in [-0.2, 0) is 0 Å². The summed E-state index contributed by atoms with van der Waals surface area (Å²) in [5.74, 6) is -1.38. The molecule has 0 amide bonds. The molecule has 1 aliphatic heterocycles. The number of methoxy groups -OCH3 is 1. The highest BCUT2D eigenvalue weighted by atomic mass is 19.4. The number of hydrogen-bond donors (Lipinski definition) is 1. The van der Waals surface area contributed by atoms with Crippen LogP contribution >= 0.6 is 0 Å². The molecule has 1 aromatic carbocycles. The number of aliphatic hydroxyl groups is 1. The number of rotatable bonds is 2. The number of allylic oxidation sites excluding steroid dienone is 1. The number of carbonyl (C=O) groups is 1. The standard InChI is InChI=1S/C12H9F3O4/c1-18-8-2-3-9-11(6(8)5-16)7(17)4-10(19-9)12(13,14)15/h2-5,7,17H,1H3. The van der Waals surface area contributed by atoms with Crippen molar-refractivity contribution in [3.05, 3.63) is 35.1 Å².